The van der Waals surface area contributed by atoms with Gasteiger partial charge in [0, 0.05) is 17.5 Å². The molecule has 0 fully saturated rings. The second kappa shape index (κ2) is 5.62. The molecular weight excluding hydrogens is 272 g/mol. The fourth-order valence-corrected chi connectivity index (χ4v) is 1.60. The maximum atomic E-state index is 11.5. The molecule has 6 heteroatoms. The van der Waals surface area contributed by atoms with Crippen molar-refractivity contribution in [2.24, 2.45) is 5.92 Å². The topological polar surface area (TPSA) is 49.3 Å². The molecule has 0 saturated heterocycles. The average molecular weight is 283 g/mol. The van der Waals surface area contributed by atoms with Gasteiger partial charge in [-0.15, -0.1) is 11.6 Å². The molecule has 0 aliphatic rings. The standard InChI is InChI=1S/C10H10Cl3NO2/c1-5(4-11)10(16)14-6-2-7(12)9(15)8(13)3-6/h2-3,5,15H,4H2,1H3,(H,14,16). The lowest BCUT2D eigenvalue weighted by atomic mass is 10.2. The quantitative estimate of drug-likeness (QED) is 0.658. The largest absolute Gasteiger partial charge is 0.505 e. The zero-order valence-corrected chi connectivity index (χ0v) is 10.7. The van der Waals surface area contributed by atoms with Crippen molar-refractivity contribution in [2.75, 3.05) is 11.2 Å². The van der Waals surface area contributed by atoms with Crippen molar-refractivity contribution in [3.63, 3.8) is 0 Å². The highest BCUT2D eigenvalue weighted by Crippen LogP contribution is 2.34. The van der Waals surface area contributed by atoms with Gasteiger partial charge in [-0.3, -0.25) is 4.79 Å². The molecule has 1 rings (SSSR count). The number of hydrogen-bond acceptors (Lipinski definition) is 2. The molecule has 0 aliphatic heterocycles. The Morgan fingerprint density at radius 3 is 2.38 bits per heavy atom. The Morgan fingerprint density at radius 1 is 1.44 bits per heavy atom. The Bertz CT molecular complexity index is 386. The monoisotopic (exact) mass is 281 g/mol. The van der Waals surface area contributed by atoms with Gasteiger partial charge in [0.1, 0.15) is 0 Å². The van der Waals surface area contributed by atoms with Crippen LogP contribution in [0, 0.1) is 5.92 Å². The number of phenolic OH excluding ortho intramolecular Hbond substituents is 1. The molecule has 0 aliphatic carbocycles. The summed E-state index contributed by atoms with van der Waals surface area (Å²) in [6.45, 7) is 1.70. The summed E-state index contributed by atoms with van der Waals surface area (Å²) in [4.78, 5) is 11.5. The summed E-state index contributed by atoms with van der Waals surface area (Å²) in [6.07, 6.45) is 0. The van der Waals surface area contributed by atoms with Gasteiger partial charge in [0.05, 0.1) is 10.0 Å². The van der Waals surface area contributed by atoms with Crippen LogP contribution in [0.4, 0.5) is 5.69 Å². The molecule has 0 spiro atoms. The van der Waals surface area contributed by atoms with Gasteiger partial charge in [-0.2, -0.15) is 0 Å². The zero-order chi connectivity index (χ0) is 12.3. The van der Waals surface area contributed by atoms with Gasteiger partial charge in [0.2, 0.25) is 5.91 Å². The third-order valence-electron chi connectivity index (χ3n) is 1.96. The van der Waals surface area contributed by atoms with Crippen molar-refractivity contribution in [1.82, 2.24) is 0 Å². The fourth-order valence-electron chi connectivity index (χ4n) is 0.973. The van der Waals surface area contributed by atoms with E-state index in [0.717, 1.165) is 0 Å². The summed E-state index contributed by atoms with van der Waals surface area (Å²) >= 11 is 17.0. The number of aromatic hydroxyl groups is 1. The molecule has 1 amide bonds. The number of amides is 1. The lowest BCUT2D eigenvalue weighted by Gasteiger charge is -2.10. The van der Waals surface area contributed by atoms with Gasteiger partial charge < -0.3 is 10.4 Å². The first-order valence-corrected chi connectivity index (χ1v) is 5.79. The molecule has 0 aromatic heterocycles. The number of hydrogen-bond donors (Lipinski definition) is 2. The van der Waals surface area contributed by atoms with Gasteiger partial charge in [0.15, 0.2) is 5.75 Å². The van der Waals surface area contributed by atoms with Crippen LogP contribution >= 0.6 is 34.8 Å². The maximum absolute atomic E-state index is 11.5. The minimum absolute atomic E-state index is 0.0846. The Hall–Kier alpha value is -0.640. The predicted octanol–water partition coefficient (Wildman–Crippen LogP) is 3.51. The molecule has 0 heterocycles. The molecule has 0 bridgehead atoms. The number of halogens is 3. The first-order chi connectivity index (χ1) is 7.45. The van der Waals surface area contributed by atoms with Crippen molar-refractivity contribution in [2.45, 2.75) is 6.92 Å². The number of anilines is 1. The van der Waals surface area contributed by atoms with Crippen LogP contribution in [0.5, 0.6) is 5.75 Å². The van der Waals surface area contributed by atoms with Gasteiger partial charge in [-0.1, -0.05) is 30.1 Å². The van der Waals surface area contributed by atoms with Crippen molar-refractivity contribution in [1.29, 1.82) is 0 Å². The molecule has 1 unspecified atom stereocenters. The normalized spacial score (nSPS) is 12.2. The molecule has 0 radical (unpaired) electrons. The van der Waals surface area contributed by atoms with Crippen molar-refractivity contribution in [3.05, 3.63) is 22.2 Å². The van der Waals surface area contributed by atoms with E-state index >= 15 is 0 Å². The highest BCUT2D eigenvalue weighted by molar-refractivity contribution is 6.37. The van der Waals surface area contributed by atoms with Crippen LogP contribution < -0.4 is 5.32 Å². The lowest BCUT2D eigenvalue weighted by molar-refractivity contribution is -0.118. The fraction of sp³-hybridized carbons (Fsp3) is 0.300. The molecule has 2 N–H and O–H groups in total. The summed E-state index contributed by atoms with van der Waals surface area (Å²) in [5.74, 6) is -0.515. The number of carbonyl (C=O) groups is 1. The van der Waals surface area contributed by atoms with Crippen molar-refractivity contribution >= 4 is 46.4 Å². The van der Waals surface area contributed by atoms with Crippen LogP contribution in [0.15, 0.2) is 12.1 Å². The molecule has 0 saturated carbocycles. The Balaban J connectivity index is 2.87. The number of benzene rings is 1. The van der Waals surface area contributed by atoms with Crippen LogP contribution in [0.1, 0.15) is 6.92 Å². The van der Waals surface area contributed by atoms with Crippen LogP contribution in [0.3, 0.4) is 0 Å². The van der Waals surface area contributed by atoms with Gasteiger partial charge >= 0.3 is 0 Å². The summed E-state index contributed by atoms with van der Waals surface area (Å²) in [6, 6.07) is 2.84. The van der Waals surface area contributed by atoms with E-state index in [0.29, 0.717) is 5.69 Å². The van der Waals surface area contributed by atoms with Crippen molar-refractivity contribution < 1.29 is 9.90 Å². The maximum Gasteiger partial charge on any atom is 0.228 e. The molecule has 1 aromatic carbocycles. The van der Waals surface area contributed by atoms with E-state index in [1.54, 1.807) is 6.92 Å². The third-order valence-corrected chi connectivity index (χ3v) is 3.00. The summed E-state index contributed by atoms with van der Waals surface area (Å²) in [5, 5.41) is 12.1. The third kappa shape index (κ3) is 3.17. The van der Waals surface area contributed by atoms with Crippen LogP contribution in [0.25, 0.3) is 0 Å². The highest BCUT2D eigenvalue weighted by Gasteiger charge is 2.13. The number of carbonyl (C=O) groups excluding carboxylic acids is 1. The highest BCUT2D eigenvalue weighted by atomic mass is 35.5. The lowest BCUT2D eigenvalue weighted by Crippen LogP contribution is -2.21. The van der Waals surface area contributed by atoms with E-state index in [9.17, 15) is 9.90 Å². The second-order valence-corrected chi connectivity index (χ2v) is 4.46. The van der Waals surface area contributed by atoms with Crippen LogP contribution in [-0.2, 0) is 4.79 Å². The van der Waals surface area contributed by atoms with Gasteiger partial charge in [-0.05, 0) is 12.1 Å². The number of phenols is 1. The molecule has 1 aromatic rings. The van der Waals surface area contributed by atoms with Gasteiger partial charge in [0.25, 0.3) is 0 Å². The Morgan fingerprint density at radius 2 is 1.94 bits per heavy atom. The van der Waals surface area contributed by atoms with Crippen LogP contribution in [0.2, 0.25) is 10.0 Å². The molecule has 16 heavy (non-hydrogen) atoms. The van der Waals surface area contributed by atoms with E-state index in [4.69, 9.17) is 34.8 Å². The van der Waals surface area contributed by atoms with E-state index in [-0.39, 0.29) is 33.5 Å². The van der Waals surface area contributed by atoms with Gasteiger partial charge in [-0.25, -0.2) is 0 Å². The first kappa shape index (κ1) is 13.4. The Kier molecular flexibility index (Phi) is 4.71. The Labute approximate surface area is 108 Å². The number of nitrogens with one attached hydrogen (secondary N) is 1. The van der Waals surface area contributed by atoms with Crippen molar-refractivity contribution in [3.8, 4) is 5.75 Å². The number of rotatable bonds is 3. The summed E-state index contributed by atoms with van der Waals surface area (Å²) in [7, 11) is 0. The van der Waals surface area contributed by atoms with E-state index in [1.165, 1.54) is 12.1 Å². The second-order valence-electron chi connectivity index (χ2n) is 3.33. The SMILES string of the molecule is CC(CCl)C(=O)Nc1cc(Cl)c(O)c(Cl)c1. The molecule has 3 nitrogen and oxygen atoms in total. The molecular formula is C10H10Cl3NO2. The summed E-state index contributed by atoms with van der Waals surface area (Å²) < 4.78 is 0. The first-order valence-electron chi connectivity index (χ1n) is 4.50. The molecule has 88 valence electrons. The minimum atomic E-state index is -0.312. The molecule has 1 atom stereocenters. The zero-order valence-electron chi connectivity index (χ0n) is 8.43. The smallest absolute Gasteiger partial charge is 0.228 e. The predicted molar refractivity (Wildman–Crippen MR) is 66.6 cm³/mol. The van der Waals surface area contributed by atoms with Crippen LogP contribution in [-0.4, -0.2) is 16.9 Å². The average Bonchev–Trinajstić information content (AvgIpc) is 2.24. The van der Waals surface area contributed by atoms with E-state index < -0.39 is 0 Å². The minimum Gasteiger partial charge on any atom is -0.505 e. The van der Waals surface area contributed by atoms with E-state index in [2.05, 4.69) is 5.32 Å². The summed E-state index contributed by atoms with van der Waals surface area (Å²) in [5.41, 5.74) is 0.426. The van der Waals surface area contributed by atoms with E-state index in [1.807, 2.05) is 0 Å². The number of alkyl halides is 1.